The van der Waals surface area contributed by atoms with Crippen LogP contribution in [0.15, 0.2) is 24.3 Å². The fourth-order valence-corrected chi connectivity index (χ4v) is 11.2. The number of ether oxygens (including phenoxy) is 4. The van der Waals surface area contributed by atoms with Crippen molar-refractivity contribution in [2.45, 2.75) is 330 Å². The van der Waals surface area contributed by atoms with Gasteiger partial charge in [0.15, 0.2) is 12.2 Å². The van der Waals surface area contributed by atoms with Crippen LogP contribution in [0.5, 0.6) is 0 Å². The monoisotopic (exact) mass is 1280 g/mol. The smallest absolute Gasteiger partial charge is 0.462 e. The summed E-state index contributed by atoms with van der Waals surface area (Å²) in [7, 11) is -9.91. The molecule has 0 aliphatic rings. The third-order valence-electron chi connectivity index (χ3n) is 15.4. The van der Waals surface area contributed by atoms with E-state index in [9.17, 15) is 43.2 Å². The highest BCUT2D eigenvalue weighted by atomic mass is 31.2. The minimum Gasteiger partial charge on any atom is -0.462 e. The maximum absolute atomic E-state index is 13.0. The zero-order chi connectivity index (χ0) is 64.5. The molecule has 87 heavy (non-hydrogen) atoms. The van der Waals surface area contributed by atoms with Crippen molar-refractivity contribution in [2.24, 2.45) is 17.8 Å². The molecule has 17 nitrogen and oxygen atoms in total. The molecular weight excluding hydrogens is 1150 g/mol. The van der Waals surface area contributed by atoms with Crippen LogP contribution in [0.4, 0.5) is 0 Å². The number of hydrogen-bond acceptors (Lipinski definition) is 15. The maximum atomic E-state index is 13.0. The van der Waals surface area contributed by atoms with E-state index in [2.05, 4.69) is 72.8 Å². The van der Waals surface area contributed by atoms with Crippen molar-refractivity contribution < 1.29 is 80.2 Å². The first kappa shape index (κ1) is 84.5. The van der Waals surface area contributed by atoms with Crippen LogP contribution in [-0.4, -0.2) is 96.7 Å². The Balaban J connectivity index is 5.29. The fraction of sp³-hybridized carbons (Fsp3) is 0.882. The van der Waals surface area contributed by atoms with Crippen molar-refractivity contribution in [3.8, 4) is 0 Å². The number of carbonyl (C=O) groups excluding carboxylic acids is 4. The minimum atomic E-state index is -4.96. The molecule has 3 N–H and O–H groups in total. The highest BCUT2D eigenvalue weighted by Crippen LogP contribution is 2.45. The van der Waals surface area contributed by atoms with Gasteiger partial charge in [0.2, 0.25) is 0 Å². The summed E-state index contributed by atoms with van der Waals surface area (Å²) in [4.78, 5) is 72.3. The van der Waals surface area contributed by atoms with Gasteiger partial charge >= 0.3 is 39.5 Å². The number of allylic oxidation sites excluding steroid dienone is 4. The van der Waals surface area contributed by atoms with Crippen LogP contribution < -0.4 is 0 Å². The molecule has 512 valence electrons. The molecule has 0 bridgehead atoms. The van der Waals surface area contributed by atoms with Crippen molar-refractivity contribution in [3.05, 3.63) is 24.3 Å². The first-order valence-electron chi connectivity index (χ1n) is 34.7. The third-order valence-corrected chi connectivity index (χ3v) is 17.3. The minimum absolute atomic E-state index is 0.0840. The Labute approximate surface area is 529 Å². The molecule has 0 amide bonds. The molecule has 0 aromatic carbocycles. The molecule has 0 rings (SSSR count). The van der Waals surface area contributed by atoms with E-state index in [1.54, 1.807) is 0 Å². The maximum Gasteiger partial charge on any atom is 0.472 e. The average molecular weight is 1280 g/mol. The lowest BCUT2D eigenvalue weighted by Gasteiger charge is -2.21. The largest absolute Gasteiger partial charge is 0.472 e. The second kappa shape index (κ2) is 58.6. The van der Waals surface area contributed by atoms with Gasteiger partial charge in [0.05, 0.1) is 26.4 Å². The zero-order valence-electron chi connectivity index (χ0n) is 56.0. The molecule has 0 aliphatic carbocycles. The average Bonchev–Trinajstić information content (AvgIpc) is 3.69. The summed E-state index contributed by atoms with van der Waals surface area (Å²) >= 11 is 0. The SMILES string of the molecule is CCCCCC/C=C\C=C/CCCCCCCC(=O)O[C@H](COC(=O)CCCCCCCCCCCCC(C)C)COP(=O)(O)OC[C@@H](O)COP(=O)(O)OC[C@@H](COC(=O)CCCCCCCCC(C)C)OC(=O)CCCCCCCCC(C)CC. The van der Waals surface area contributed by atoms with Crippen LogP contribution in [0.3, 0.4) is 0 Å². The van der Waals surface area contributed by atoms with Gasteiger partial charge in [-0.05, 0) is 69.1 Å². The molecule has 0 fully saturated rings. The summed E-state index contributed by atoms with van der Waals surface area (Å²) in [6, 6.07) is 0. The van der Waals surface area contributed by atoms with Crippen molar-refractivity contribution in [2.75, 3.05) is 39.6 Å². The molecular formula is C68H128O17P2. The number of esters is 4. The van der Waals surface area contributed by atoms with Crippen molar-refractivity contribution in [3.63, 3.8) is 0 Å². The number of carbonyl (C=O) groups is 4. The number of aliphatic hydroxyl groups excluding tert-OH is 1. The molecule has 0 saturated carbocycles. The molecule has 0 heterocycles. The number of phosphoric ester groups is 2. The number of aliphatic hydroxyl groups is 1. The van der Waals surface area contributed by atoms with Gasteiger partial charge in [0.1, 0.15) is 19.3 Å². The Kier molecular flexibility index (Phi) is 57.0. The quantitative estimate of drug-likeness (QED) is 0.0169. The van der Waals surface area contributed by atoms with Gasteiger partial charge < -0.3 is 33.8 Å². The van der Waals surface area contributed by atoms with E-state index < -0.39 is 97.5 Å². The molecule has 0 aromatic heterocycles. The highest BCUT2D eigenvalue weighted by Gasteiger charge is 2.30. The number of unbranched alkanes of at least 4 members (excludes halogenated alkanes) is 28. The van der Waals surface area contributed by atoms with Crippen LogP contribution in [0.25, 0.3) is 0 Å². The predicted octanol–water partition coefficient (Wildman–Crippen LogP) is 18.6. The lowest BCUT2D eigenvalue weighted by Crippen LogP contribution is -2.30. The molecule has 19 heteroatoms. The summed E-state index contributed by atoms with van der Waals surface area (Å²) in [6.07, 6.45) is 44.1. The first-order chi connectivity index (χ1) is 41.8. The van der Waals surface area contributed by atoms with Crippen LogP contribution in [0, 0.1) is 17.8 Å². The van der Waals surface area contributed by atoms with E-state index in [0.29, 0.717) is 31.6 Å². The molecule has 0 aromatic rings. The standard InChI is InChI=1S/C68H128O17P2/c1-8-10-11-12-13-14-15-16-17-18-19-24-27-37-44-51-67(72)84-63(55-78-65(70)49-42-35-26-23-21-20-22-25-32-39-46-59(3)4)57-82-86(74,75)80-53-62(69)54-81-87(76,77)83-58-64(56-79-66(71)50-43-36-30-28-33-40-47-60(5)6)85-68(73)52-45-38-31-29-34-41-48-61(7)9-2/h14-17,59-64,69H,8-13,18-58H2,1-7H3,(H,74,75)(H,76,77)/b15-14-,17-16-/t61?,62-,63-,64-/m1/s1. The van der Waals surface area contributed by atoms with E-state index in [4.69, 9.17) is 37.0 Å². The van der Waals surface area contributed by atoms with Crippen LogP contribution in [0.1, 0.15) is 312 Å². The number of phosphoric acid groups is 2. The van der Waals surface area contributed by atoms with Crippen molar-refractivity contribution in [1.29, 1.82) is 0 Å². The fourth-order valence-electron chi connectivity index (χ4n) is 9.61. The second-order valence-electron chi connectivity index (χ2n) is 25.1. The lowest BCUT2D eigenvalue weighted by molar-refractivity contribution is -0.161. The number of rotatable bonds is 64. The second-order valence-corrected chi connectivity index (χ2v) is 28.0. The third kappa shape index (κ3) is 60.9. The molecule has 3 unspecified atom stereocenters. The van der Waals surface area contributed by atoms with Gasteiger partial charge in [-0.25, -0.2) is 9.13 Å². The van der Waals surface area contributed by atoms with E-state index in [1.165, 1.54) is 103 Å². The van der Waals surface area contributed by atoms with Crippen molar-refractivity contribution in [1.82, 2.24) is 0 Å². The Morgan fingerprint density at radius 1 is 0.379 bits per heavy atom. The summed E-state index contributed by atoms with van der Waals surface area (Å²) in [6.45, 7) is 11.6. The molecule has 0 radical (unpaired) electrons. The topological polar surface area (TPSA) is 237 Å². The van der Waals surface area contributed by atoms with Gasteiger partial charge in [0.25, 0.3) is 0 Å². The summed E-state index contributed by atoms with van der Waals surface area (Å²) in [5, 5.41) is 10.6. The van der Waals surface area contributed by atoms with E-state index in [0.717, 1.165) is 121 Å². The van der Waals surface area contributed by atoms with E-state index in [1.807, 2.05) is 0 Å². The molecule has 0 spiro atoms. The first-order valence-corrected chi connectivity index (χ1v) is 37.7. The summed E-state index contributed by atoms with van der Waals surface area (Å²) in [5.41, 5.74) is 0. The molecule has 6 atom stereocenters. The van der Waals surface area contributed by atoms with Gasteiger partial charge in [0, 0.05) is 25.7 Å². The Morgan fingerprint density at radius 3 is 1.02 bits per heavy atom. The van der Waals surface area contributed by atoms with Gasteiger partial charge in [-0.1, -0.05) is 259 Å². The lowest BCUT2D eigenvalue weighted by atomic mass is 10.00. The Hall–Kier alpha value is -2.46. The van der Waals surface area contributed by atoms with Crippen molar-refractivity contribution >= 4 is 39.5 Å². The zero-order valence-corrected chi connectivity index (χ0v) is 57.7. The number of hydrogen-bond donors (Lipinski definition) is 3. The van der Waals surface area contributed by atoms with Gasteiger partial charge in [-0.15, -0.1) is 0 Å². The molecule has 0 saturated heterocycles. The normalized spacial score (nSPS) is 14.8. The van der Waals surface area contributed by atoms with E-state index >= 15 is 0 Å². The summed E-state index contributed by atoms with van der Waals surface area (Å²) < 4.78 is 68.1. The molecule has 0 aliphatic heterocycles. The van der Waals surface area contributed by atoms with Gasteiger partial charge in [-0.3, -0.25) is 37.3 Å². The van der Waals surface area contributed by atoms with Gasteiger partial charge in [-0.2, -0.15) is 0 Å². The summed E-state index contributed by atoms with van der Waals surface area (Å²) in [5.74, 6) is -0.0131. The van der Waals surface area contributed by atoms with Crippen LogP contribution >= 0.6 is 15.6 Å². The Morgan fingerprint density at radius 2 is 0.678 bits per heavy atom. The highest BCUT2D eigenvalue weighted by molar-refractivity contribution is 7.47. The Bertz CT molecular complexity index is 1810. The van der Waals surface area contributed by atoms with Crippen LogP contribution in [-0.2, 0) is 65.4 Å². The predicted molar refractivity (Wildman–Crippen MR) is 349 cm³/mol. The van der Waals surface area contributed by atoms with Crippen LogP contribution in [0.2, 0.25) is 0 Å². The van der Waals surface area contributed by atoms with E-state index in [-0.39, 0.29) is 25.7 Å².